The van der Waals surface area contributed by atoms with Gasteiger partial charge < -0.3 is 10.2 Å². The summed E-state index contributed by atoms with van der Waals surface area (Å²) in [6.45, 7) is 5.99. The molecule has 7 nitrogen and oxygen atoms in total. The molecule has 1 unspecified atom stereocenters. The van der Waals surface area contributed by atoms with Gasteiger partial charge in [0.05, 0.1) is 11.9 Å². The lowest BCUT2D eigenvalue weighted by molar-refractivity contribution is 0.144. The van der Waals surface area contributed by atoms with Gasteiger partial charge >= 0.3 is 0 Å². The molecule has 0 saturated carbocycles. The van der Waals surface area contributed by atoms with E-state index >= 15 is 0 Å². The summed E-state index contributed by atoms with van der Waals surface area (Å²) in [5.41, 5.74) is 1.82. The van der Waals surface area contributed by atoms with Crippen molar-refractivity contribution in [3.8, 4) is 11.3 Å². The third kappa shape index (κ3) is 3.10. The summed E-state index contributed by atoms with van der Waals surface area (Å²) in [5, 5.41) is 7.52. The third-order valence-electron chi connectivity index (χ3n) is 5.53. The van der Waals surface area contributed by atoms with Crippen LogP contribution in [0.15, 0.2) is 36.7 Å². The Morgan fingerprint density at radius 1 is 1.11 bits per heavy atom. The number of rotatable bonds is 3. The minimum Gasteiger partial charge on any atom is -0.354 e. The monoisotopic (exact) mass is 385 g/mol. The van der Waals surface area contributed by atoms with Crippen molar-refractivity contribution in [3.63, 3.8) is 0 Å². The van der Waals surface area contributed by atoms with Gasteiger partial charge in [-0.25, -0.2) is 23.3 Å². The van der Waals surface area contributed by atoms with Gasteiger partial charge in [-0.1, -0.05) is 0 Å². The van der Waals surface area contributed by atoms with Crippen molar-refractivity contribution in [1.82, 2.24) is 29.8 Å². The summed E-state index contributed by atoms with van der Waals surface area (Å²) in [7, 11) is 0. The Bertz CT molecular complexity index is 989. The van der Waals surface area contributed by atoms with Crippen molar-refractivity contribution in [3.05, 3.63) is 42.4 Å². The Hall–Kier alpha value is -2.65. The zero-order valence-electron chi connectivity index (χ0n) is 15.3. The molecule has 146 valence electrons. The Morgan fingerprint density at radius 2 is 2.04 bits per heavy atom. The van der Waals surface area contributed by atoms with Crippen molar-refractivity contribution in [2.75, 3.05) is 44.2 Å². The molecule has 0 aliphatic carbocycles. The summed E-state index contributed by atoms with van der Waals surface area (Å²) in [4.78, 5) is 13.7. The molecule has 9 heteroatoms. The molecule has 2 saturated heterocycles. The molecule has 3 aromatic rings. The molecule has 5 heterocycles. The quantitative estimate of drug-likeness (QED) is 0.742. The molecule has 0 radical (unpaired) electrons. The maximum Gasteiger partial charge on any atom is 0.282 e. The van der Waals surface area contributed by atoms with E-state index in [1.54, 1.807) is 18.5 Å². The lowest BCUT2D eigenvalue weighted by Crippen LogP contribution is -2.61. The topological polar surface area (TPSA) is 61.6 Å². The van der Waals surface area contributed by atoms with Crippen LogP contribution in [-0.4, -0.2) is 69.8 Å². The molecule has 1 atom stereocenters. The molecule has 0 spiro atoms. The maximum atomic E-state index is 13.1. The van der Waals surface area contributed by atoms with E-state index in [-0.39, 0.29) is 5.69 Å². The number of fused-ring (bicyclic) bond motifs is 2. The van der Waals surface area contributed by atoms with E-state index in [1.165, 1.54) is 10.6 Å². The number of anilines is 1. The van der Waals surface area contributed by atoms with Gasteiger partial charge in [-0.3, -0.25) is 4.90 Å². The number of hydrogen-bond donors (Lipinski definition) is 1. The number of nitrogens with one attached hydrogen (secondary N) is 1. The van der Waals surface area contributed by atoms with Crippen LogP contribution in [0.5, 0.6) is 0 Å². The summed E-state index contributed by atoms with van der Waals surface area (Å²) < 4.78 is 27.6. The highest BCUT2D eigenvalue weighted by Crippen LogP contribution is 2.26. The van der Waals surface area contributed by atoms with Gasteiger partial charge in [-0.2, -0.15) is 5.10 Å². The zero-order valence-corrected chi connectivity index (χ0v) is 15.3. The van der Waals surface area contributed by atoms with Gasteiger partial charge in [0, 0.05) is 57.1 Å². The summed E-state index contributed by atoms with van der Waals surface area (Å²) in [6, 6.07) is 7.22. The number of nitrogens with zero attached hydrogens (tertiary/aromatic N) is 6. The number of alkyl halides is 2. The molecule has 5 rings (SSSR count). The second-order valence-corrected chi connectivity index (χ2v) is 7.21. The second kappa shape index (κ2) is 7.06. The van der Waals surface area contributed by atoms with Crippen LogP contribution in [0.1, 0.15) is 12.1 Å². The minimum atomic E-state index is -2.62. The van der Waals surface area contributed by atoms with E-state index in [2.05, 4.69) is 30.2 Å². The Morgan fingerprint density at radius 3 is 2.93 bits per heavy atom. The standard InChI is InChI=1S/C19H21F2N7/c20-19(21)15-1-2-17-24-11-16(28(17)25-15)13-3-4-23-18(9-13)27-8-7-26-6-5-22-10-14(26)12-27/h1-4,9,11,14,19,22H,5-8,10,12H2. The molecule has 0 amide bonds. The van der Waals surface area contributed by atoms with Crippen molar-refractivity contribution < 1.29 is 8.78 Å². The highest BCUT2D eigenvalue weighted by Gasteiger charge is 2.29. The molecule has 1 N–H and O–H groups in total. The molecular weight excluding hydrogens is 364 g/mol. The van der Waals surface area contributed by atoms with Gasteiger partial charge in [0.2, 0.25) is 0 Å². The SMILES string of the molecule is FC(F)c1ccc2ncc(-c3ccnc(N4CCN5CCNCC5C4)c3)n2n1. The number of hydrogen-bond acceptors (Lipinski definition) is 6. The number of imidazole rings is 1. The maximum absolute atomic E-state index is 13.1. The smallest absolute Gasteiger partial charge is 0.282 e. The zero-order chi connectivity index (χ0) is 19.1. The van der Waals surface area contributed by atoms with E-state index in [0.29, 0.717) is 17.4 Å². The van der Waals surface area contributed by atoms with Gasteiger partial charge in [0.25, 0.3) is 6.43 Å². The number of aromatic nitrogens is 4. The fraction of sp³-hybridized carbons (Fsp3) is 0.421. The Balaban J connectivity index is 1.46. The predicted molar refractivity (Wildman–Crippen MR) is 102 cm³/mol. The van der Waals surface area contributed by atoms with Gasteiger partial charge in [-0.05, 0) is 24.3 Å². The van der Waals surface area contributed by atoms with E-state index in [1.807, 2.05) is 12.1 Å². The second-order valence-electron chi connectivity index (χ2n) is 7.21. The number of piperazine rings is 2. The van der Waals surface area contributed by atoms with Crippen LogP contribution >= 0.6 is 0 Å². The summed E-state index contributed by atoms with van der Waals surface area (Å²) in [5.74, 6) is 0.891. The average molecular weight is 385 g/mol. The highest BCUT2D eigenvalue weighted by molar-refractivity contribution is 5.66. The average Bonchev–Trinajstić information content (AvgIpc) is 3.17. The van der Waals surface area contributed by atoms with Crippen LogP contribution in [0.3, 0.4) is 0 Å². The lowest BCUT2D eigenvalue weighted by atomic mass is 10.1. The normalized spacial score (nSPS) is 20.7. The first-order chi connectivity index (χ1) is 13.7. The lowest BCUT2D eigenvalue weighted by Gasteiger charge is -2.44. The van der Waals surface area contributed by atoms with Crippen LogP contribution in [0.25, 0.3) is 16.9 Å². The van der Waals surface area contributed by atoms with Crippen molar-refractivity contribution in [2.45, 2.75) is 12.5 Å². The molecule has 28 heavy (non-hydrogen) atoms. The van der Waals surface area contributed by atoms with Gasteiger partial charge in [0.15, 0.2) is 5.65 Å². The van der Waals surface area contributed by atoms with Crippen LogP contribution < -0.4 is 10.2 Å². The van der Waals surface area contributed by atoms with Crippen molar-refractivity contribution in [2.24, 2.45) is 0 Å². The Kier molecular flexibility index (Phi) is 4.40. The number of pyridine rings is 1. The summed E-state index contributed by atoms with van der Waals surface area (Å²) >= 11 is 0. The summed E-state index contributed by atoms with van der Waals surface area (Å²) in [6.07, 6.45) is 0.805. The molecule has 0 aromatic carbocycles. The fourth-order valence-corrected chi connectivity index (χ4v) is 4.03. The Labute approximate surface area is 161 Å². The van der Waals surface area contributed by atoms with Crippen LogP contribution in [0, 0.1) is 0 Å². The van der Waals surface area contributed by atoms with E-state index in [4.69, 9.17) is 0 Å². The fourth-order valence-electron chi connectivity index (χ4n) is 4.03. The molecule has 3 aromatic heterocycles. The molecule has 2 aliphatic rings. The van der Waals surface area contributed by atoms with Crippen molar-refractivity contribution >= 4 is 11.5 Å². The first kappa shape index (κ1) is 17.4. The highest BCUT2D eigenvalue weighted by atomic mass is 19.3. The minimum absolute atomic E-state index is 0.262. The first-order valence-electron chi connectivity index (χ1n) is 9.48. The van der Waals surface area contributed by atoms with Crippen molar-refractivity contribution in [1.29, 1.82) is 0 Å². The van der Waals surface area contributed by atoms with Crippen LogP contribution in [0.2, 0.25) is 0 Å². The van der Waals surface area contributed by atoms with Crippen LogP contribution in [0.4, 0.5) is 14.6 Å². The van der Waals surface area contributed by atoms with Gasteiger partial charge in [-0.15, -0.1) is 0 Å². The van der Waals surface area contributed by atoms with E-state index < -0.39 is 6.43 Å². The largest absolute Gasteiger partial charge is 0.354 e. The molecule has 2 aliphatic heterocycles. The van der Waals surface area contributed by atoms with E-state index in [0.717, 1.165) is 50.6 Å². The predicted octanol–water partition coefficient (Wildman–Crippen LogP) is 1.82. The first-order valence-corrected chi connectivity index (χ1v) is 9.48. The van der Waals surface area contributed by atoms with E-state index in [9.17, 15) is 8.78 Å². The molecular formula is C19H21F2N7. The van der Waals surface area contributed by atoms with Gasteiger partial charge in [0.1, 0.15) is 11.5 Å². The third-order valence-corrected chi connectivity index (χ3v) is 5.53. The number of halogens is 2. The molecule has 0 bridgehead atoms. The molecule has 2 fully saturated rings. The van der Waals surface area contributed by atoms with Crippen LogP contribution in [-0.2, 0) is 0 Å².